The molecule has 0 atom stereocenters. The Morgan fingerprint density at radius 2 is 1.43 bits per heavy atom. The van der Waals surface area contributed by atoms with E-state index >= 15 is 0 Å². The molecule has 0 aliphatic heterocycles. The van der Waals surface area contributed by atoms with Crippen molar-refractivity contribution in [2.45, 2.75) is 13.2 Å². The molecule has 3 N–H and O–H groups in total. The summed E-state index contributed by atoms with van der Waals surface area (Å²) in [6.45, 7) is -0.415. The fraction of sp³-hybridized carbons (Fsp3) is 0.118. The third kappa shape index (κ3) is 5.14. The van der Waals surface area contributed by atoms with Gasteiger partial charge in [-0.05, 0) is 48.6 Å². The van der Waals surface area contributed by atoms with Gasteiger partial charge in [0, 0.05) is 6.08 Å². The molecule has 120 valence electrons. The number of carbonyl (C=O) groups excluding carboxylic acids is 1. The fourth-order valence-electron chi connectivity index (χ4n) is 1.71. The summed E-state index contributed by atoms with van der Waals surface area (Å²) in [5, 5.41) is 27.4. The van der Waals surface area contributed by atoms with Gasteiger partial charge in [0.15, 0.2) is 5.78 Å². The third-order valence-electron chi connectivity index (χ3n) is 2.80. The predicted octanol–water partition coefficient (Wildman–Crippen LogP) is 2.59. The summed E-state index contributed by atoms with van der Waals surface area (Å²) in [7, 11) is 0. The van der Waals surface area contributed by atoms with Crippen molar-refractivity contribution in [3.05, 3.63) is 71.3 Å². The first-order valence-electron chi connectivity index (χ1n) is 6.80. The van der Waals surface area contributed by atoms with Gasteiger partial charge in [-0.25, -0.2) is 0 Å². The highest BCUT2D eigenvalue weighted by Gasteiger charge is 2.00. The van der Waals surface area contributed by atoms with Gasteiger partial charge < -0.3 is 24.2 Å². The SMILES string of the molecule is O=C(/C=C(O)/C=C/c1ccc(CO)o1)/C=C/c1ccc(CO)o1. The second-order valence-electron chi connectivity index (χ2n) is 4.56. The van der Waals surface area contributed by atoms with Crippen LogP contribution in [0.5, 0.6) is 0 Å². The lowest BCUT2D eigenvalue weighted by Gasteiger charge is -1.90. The molecule has 2 rings (SSSR count). The number of ketones is 1. The van der Waals surface area contributed by atoms with Crippen molar-refractivity contribution >= 4 is 17.9 Å². The zero-order chi connectivity index (χ0) is 16.7. The number of hydrogen-bond donors (Lipinski definition) is 3. The van der Waals surface area contributed by atoms with Crippen molar-refractivity contribution in [3.8, 4) is 0 Å². The van der Waals surface area contributed by atoms with Gasteiger partial charge in [0.25, 0.3) is 0 Å². The van der Waals surface area contributed by atoms with Gasteiger partial charge in [0.2, 0.25) is 0 Å². The molecule has 0 bridgehead atoms. The smallest absolute Gasteiger partial charge is 0.182 e. The lowest BCUT2D eigenvalue weighted by Crippen LogP contribution is -1.88. The number of hydrogen-bond acceptors (Lipinski definition) is 6. The molecule has 0 aliphatic rings. The Labute approximate surface area is 132 Å². The van der Waals surface area contributed by atoms with Gasteiger partial charge in [-0.1, -0.05) is 0 Å². The number of furan rings is 2. The summed E-state index contributed by atoms with van der Waals surface area (Å²) in [5.74, 6) is 1.02. The topological polar surface area (TPSA) is 104 Å². The quantitative estimate of drug-likeness (QED) is 0.412. The maximum atomic E-state index is 11.7. The molecule has 23 heavy (non-hydrogen) atoms. The molecule has 2 aromatic heterocycles. The first kappa shape index (κ1) is 16.5. The van der Waals surface area contributed by atoms with Gasteiger partial charge in [-0.3, -0.25) is 4.79 Å². The highest BCUT2D eigenvalue weighted by atomic mass is 16.4. The molecule has 2 aromatic rings. The van der Waals surface area contributed by atoms with Crippen LogP contribution in [0.3, 0.4) is 0 Å². The lowest BCUT2D eigenvalue weighted by molar-refractivity contribution is -0.110. The van der Waals surface area contributed by atoms with Gasteiger partial charge in [-0.15, -0.1) is 0 Å². The third-order valence-corrected chi connectivity index (χ3v) is 2.80. The van der Waals surface area contributed by atoms with Crippen LogP contribution in [0.2, 0.25) is 0 Å². The second-order valence-corrected chi connectivity index (χ2v) is 4.56. The van der Waals surface area contributed by atoms with Crippen LogP contribution >= 0.6 is 0 Å². The normalized spacial score (nSPS) is 12.5. The number of rotatable bonds is 7. The molecule has 2 heterocycles. The summed E-state index contributed by atoms with van der Waals surface area (Å²) in [4.78, 5) is 11.7. The first-order chi connectivity index (χ1) is 11.1. The van der Waals surface area contributed by atoms with Crippen molar-refractivity contribution in [2.75, 3.05) is 0 Å². The minimum absolute atomic E-state index is 0.205. The molecule has 0 saturated carbocycles. The van der Waals surface area contributed by atoms with E-state index in [0.717, 1.165) is 6.08 Å². The zero-order valence-corrected chi connectivity index (χ0v) is 12.2. The molecule has 0 fully saturated rings. The van der Waals surface area contributed by atoms with Crippen LogP contribution < -0.4 is 0 Å². The Morgan fingerprint density at radius 1 is 0.913 bits per heavy atom. The Morgan fingerprint density at radius 3 is 1.91 bits per heavy atom. The van der Waals surface area contributed by atoms with Crippen molar-refractivity contribution < 1.29 is 28.9 Å². The van der Waals surface area contributed by atoms with Crippen molar-refractivity contribution in [3.63, 3.8) is 0 Å². The van der Waals surface area contributed by atoms with E-state index < -0.39 is 5.78 Å². The van der Waals surface area contributed by atoms with Crippen LogP contribution in [-0.4, -0.2) is 21.1 Å². The van der Waals surface area contributed by atoms with E-state index in [2.05, 4.69) is 0 Å². The highest BCUT2D eigenvalue weighted by Crippen LogP contribution is 2.11. The summed E-state index contributed by atoms with van der Waals surface area (Å²) >= 11 is 0. The largest absolute Gasteiger partial charge is 0.508 e. The molecule has 0 spiro atoms. The molecule has 0 radical (unpaired) electrons. The summed E-state index contributed by atoms with van der Waals surface area (Å²) in [6, 6.07) is 6.46. The maximum Gasteiger partial charge on any atom is 0.182 e. The van der Waals surface area contributed by atoms with E-state index in [1.807, 2.05) is 0 Å². The standard InChI is InChI=1S/C17H16O6/c18-10-16-7-5-14(22-16)3-1-12(20)9-13(21)2-4-15-6-8-17(11-19)23-15/h1-9,18-20H,10-11H2/b3-1+,4-2+,12-9-. The van der Waals surface area contributed by atoms with Crippen molar-refractivity contribution in [2.24, 2.45) is 0 Å². The Balaban J connectivity index is 1.95. The van der Waals surface area contributed by atoms with Crippen molar-refractivity contribution in [1.29, 1.82) is 0 Å². The van der Waals surface area contributed by atoms with E-state index in [1.165, 1.54) is 24.3 Å². The van der Waals surface area contributed by atoms with Crippen LogP contribution in [0, 0.1) is 0 Å². The van der Waals surface area contributed by atoms with E-state index in [0.29, 0.717) is 23.0 Å². The lowest BCUT2D eigenvalue weighted by atomic mass is 10.2. The van der Waals surface area contributed by atoms with Gasteiger partial charge in [0.1, 0.15) is 42.0 Å². The number of aliphatic hydroxyl groups is 3. The van der Waals surface area contributed by atoms with E-state index in [1.54, 1.807) is 24.3 Å². The molecule has 0 saturated heterocycles. The number of aliphatic hydroxyl groups excluding tert-OH is 3. The monoisotopic (exact) mass is 316 g/mol. The Bertz CT molecular complexity index is 745. The molecule has 6 heteroatoms. The summed E-state index contributed by atoms with van der Waals surface area (Å²) in [6.07, 6.45) is 6.50. The van der Waals surface area contributed by atoms with Gasteiger partial charge in [-0.2, -0.15) is 0 Å². The van der Waals surface area contributed by atoms with E-state index in [9.17, 15) is 9.90 Å². The molecular weight excluding hydrogens is 300 g/mol. The van der Waals surface area contributed by atoms with Crippen LogP contribution in [0.1, 0.15) is 23.0 Å². The van der Waals surface area contributed by atoms with Crippen LogP contribution in [0.25, 0.3) is 12.2 Å². The average molecular weight is 316 g/mol. The molecule has 0 amide bonds. The highest BCUT2D eigenvalue weighted by molar-refractivity contribution is 6.02. The molecule has 0 aromatic carbocycles. The molecule has 0 aliphatic carbocycles. The van der Waals surface area contributed by atoms with Gasteiger partial charge in [0.05, 0.1) is 0 Å². The zero-order valence-electron chi connectivity index (χ0n) is 12.2. The van der Waals surface area contributed by atoms with E-state index in [4.69, 9.17) is 19.0 Å². The average Bonchev–Trinajstić information content (AvgIpc) is 3.19. The molecule has 6 nitrogen and oxygen atoms in total. The summed E-state index contributed by atoms with van der Waals surface area (Å²) in [5.41, 5.74) is 0. The maximum absolute atomic E-state index is 11.7. The Hall–Kier alpha value is -2.83. The van der Waals surface area contributed by atoms with Crippen LogP contribution in [0.4, 0.5) is 0 Å². The number of carbonyl (C=O) groups is 1. The van der Waals surface area contributed by atoms with Crippen LogP contribution in [0.15, 0.2) is 57.1 Å². The minimum Gasteiger partial charge on any atom is -0.508 e. The minimum atomic E-state index is -0.426. The molecular formula is C17H16O6. The first-order valence-corrected chi connectivity index (χ1v) is 6.80. The Kier molecular flexibility index (Phi) is 5.74. The van der Waals surface area contributed by atoms with Gasteiger partial charge >= 0.3 is 0 Å². The number of allylic oxidation sites excluding steroid dienone is 3. The fourth-order valence-corrected chi connectivity index (χ4v) is 1.71. The summed E-state index contributed by atoms with van der Waals surface area (Å²) < 4.78 is 10.4. The molecule has 0 unspecified atom stereocenters. The predicted molar refractivity (Wildman–Crippen MR) is 83.0 cm³/mol. The van der Waals surface area contributed by atoms with Crippen LogP contribution in [-0.2, 0) is 18.0 Å². The second kappa shape index (κ2) is 7.98. The van der Waals surface area contributed by atoms with Crippen molar-refractivity contribution in [1.82, 2.24) is 0 Å². The van der Waals surface area contributed by atoms with E-state index in [-0.39, 0.29) is 19.0 Å².